The Labute approximate surface area is 139 Å². The van der Waals surface area contributed by atoms with Gasteiger partial charge >= 0.3 is 5.97 Å². The standard InChI is InChI=1S/C18H18N2O4/c1-10-15(18(22)23)5-6-16(19-10)17(21)20-13-4-3-11-8-14(24-2)9-12(11)7-13/h3-7,14H,8-9H2,1-2H3,(H,20,21)(H,22,23). The van der Waals surface area contributed by atoms with Crippen molar-refractivity contribution in [2.24, 2.45) is 0 Å². The molecule has 6 heteroatoms. The van der Waals surface area contributed by atoms with Crippen LogP contribution in [0.5, 0.6) is 0 Å². The normalized spacial score (nSPS) is 15.8. The van der Waals surface area contributed by atoms with E-state index in [-0.39, 0.29) is 23.3 Å². The molecule has 1 aromatic carbocycles. The first-order valence-electron chi connectivity index (χ1n) is 7.65. The highest BCUT2D eigenvalue weighted by Crippen LogP contribution is 2.26. The number of nitrogens with zero attached hydrogens (tertiary/aromatic N) is 1. The first-order valence-corrected chi connectivity index (χ1v) is 7.65. The van der Waals surface area contributed by atoms with Gasteiger partial charge in [0.15, 0.2) is 0 Å². The van der Waals surface area contributed by atoms with Gasteiger partial charge in [0.2, 0.25) is 0 Å². The highest BCUT2D eigenvalue weighted by atomic mass is 16.5. The van der Waals surface area contributed by atoms with Gasteiger partial charge in [-0.3, -0.25) is 4.79 Å². The van der Waals surface area contributed by atoms with Crippen molar-refractivity contribution in [3.05, 3.63) is 58.4 Å². The molecule has 3 rings (SSSR count). The molecule has 2 aromatic rings. The summed E-state index contributed by atoms with van der Waals surface area (Å²) in [7, 11) is 1.70. The lowest BCUT2D eigenvalue weighted by atomic mass is 10.1. The van der Waals surface area contributed by atoms with E-state index >= 15 is 0 Å². The first-order chi connectivity index (χ1) is 11.5. The smallest absolute Gasteiger partial charge is 0.337 e. The Morgan fingerprint density at radius 1 is 1.21 bits per heavy atom. The molecule has 0 fully saturated rings. The van der Waals surface area contributed by atoms with Crippen LogP contribution in [0.2, 0.25) is 0 Å². The van der Waals surface area contributed by atoms with E-state index in [2.05, 4.69) is 10.3 Å². The number of ether oxygens (including phenoxy) is 1. The molecule has 1 amide bonds. The monoisotopic (exact) mass is 326 g/mol. The summed E-state index contributed by atoms with van der Waals surface area (Å²) in [4.78, 5) is 27.4. The lowest BCUT2D eigenvalue weighted by Crippen LogP contribution is -2.15. The summed E-state index contributed by atoms with van der Waals surface area (Å²) in [6.07, 6.45) is 1.91. The summed E-state index contributed by atoms with van der Waals surface area (Å²) in [6, 6.07) is 8.61. The van der Waals surface area contributed by atoms with Crippen molar-refractivity contribution >= 4 is 17.6 Å². The molecule has 0 saturated carbocycles. The topological polar surface area (TPSA) is 88.5 Å². The summed E-state index contributed by atoms with van der Waals surface area (Å²) in [5.41, 5.74) is 3.69. The Morgan fingerprint density at radius 2 is 1.96 bits per heavy atom. The van der Waals surface area contributed by atoms with Gasteiger partial charge in [-0.2, -0.15) is 0 Å². The molecular formula is C18H18N2O4. The third-order valence-corrected chi connectivity index (χ3v) is 4.24. The molecule has 0 saturated heterocycles. The Hall–Kier alpha value is -2.73. The summed E-state index contributed by atoms with van der Waals surface area (Å²) in [5, 5.41) is 11.8. The van der Waals surface area contributed by atoms with Crippen molar-refractivity contribution in [1.82, 2.24) is 4.98 Å². The van der Waals surface area contributed by atoms with E-state index in [0.29, 0.717) is 11.4 Å². The third kappa shape index (κ3) is 3.14. The van der Waals surface area contributed by atoms with Gasteiger partial charge < -0.3 is 15.2 Å². The number of fused-ring (bicyclic) bond motifs is 1. The maximum atomic E-state index is 12.3. The average Bonchev–Trinajstić information content (AvgIpc) is 2.96. The van der Waals surface area contributed by atoms with Crippen LogP contribution in [0.15, 0.2) is 30.3 Å². The molecule has 1 aromatic heterocycles. The number of pyridine rings is 1. The molecule has 0 bridgehead atoms. The Balaban J connectivity index is 1.76. The van der Waals surface area contributed by atoms with E-state index in [1.807, 2.05) is 18.2 Å². The van der Waals surface area contributed by atoms with Crippen molar-refractivity contribution in [2.75, 3.05) is 12.4 Å². The summed E-state index contributed by atoms with van der Waals surface area (Å²) in [5.74, 6) is -1.42. The maximum absolute atomic E-state index is 12.3. The van der Waals surface area contributed by atoms with Crippen LogP contribution in [-0.4, -0.2) is 35.2 Å². The lowest BCUT2D eigenvalue weighted by Gasteiger charge is -2.08. The number of anilines is 1. The number of carboxylic acids is 1. The van der Waals surface area contributed by atoms with Crippen LogP contribution in [0.25, 0.3) is 0 Å². The predicted molar refractivity (Wildman–Crippen MR) is 88.5 cm³/mol. The lowest BCUT2D eigenvalue weighted by molar-refractivity contribution is 0.0695. The zero-order valence-electron chi connectivity index (χ0n) is 13.5. The molecule has 124 valence electrons. The second-order valence-corrected chi connectivity index (χ2v) is 5.84. The molecule has 1 aliphatic rings. The van der Waals surface area contributed by atoms with E-state index in [4.69, 9.17) is 9.84 Å². The predicted octanol–water partition coefficient (Wildman–Crippen LogP) is 2.45. The van der Waals surface area contributed by atoms with Gasteiger partial charge in [0.05, 0.1) is 17.4 Å². The van der Waals surface area contributed by atoms with E-state index in [1.165, 1.54) is 23.3 Å². The van der Waals surface area contributed by atoms with Crippen LogP contribution < -0.4 is 5.32 Å². The van der Waals surface area contributed by atoms with Crippen molar-refractivity contribution in [1.29, 1.82) is 0 Å². The Kier molecular flexibility index (Phi) is 4.31. The van der Waals surface area contributed by atoms with Crippen molar-refractivity contribution in [2.45, 2.75) is 25.9 Å². The van der Waals surface area contributed by atoms with Crippen molar-refractivity contribution in [3.63, 3.8) is 0 Å². The van der Waals surface area contributed by atoms with Gasteiger partial charge in [-0.15, -0.1) is 0 Å². The number of rotatable bonds is 4. The number of hydrogen-bond donors (Lipinski definition) is 2. The number of carboxylic acid groups (broad SMARTS) is 1. The highest BCUT2D eigenvalue weighted by Gasteiger charge is 2.21. The number of methoxy groups -OCH3 is 1. The molecule has 2 N–H and O–H groups in total. The van der Waals surface area contributed by atoms with Crippen LogP contribution >= 0.6 is 0 Å². The largest absolute Gasteiger partial charge is 0.478 e. The van der Waals surface area contributed by atoms with Gasteiger partial charge in [-0.1, -0.05) is 6.07 Å². The van der Waals surface area contributed by atoms with Crippen LogP contribution in [0, 0.1) is 6.92 Å². The number of hydrogen-bond acceptors (Lipinski definition) is 4. The van der Waals surface area contributed by atoms with Gasteiger partial charge in [0.25, 0.3) is 5.91 Å². The third-order valence-electron chi connectivity index (χ3n) is 4.24. The average molecular weight is 326 g/mol. The second-order valence-electron chi connectivity index (χ2n) is 5.84. The van der Waals surface area contributed by atoms with E-state index in [1.54, 1.807) is 14.0 Å². The van der Waals surface area contributed by atoms with Crippen LogP contribution in [0.1, 0.15) is 37.7 Å². The number of aromatic nitrogens is 1. The van der Waals surface area contributed by atoms with Crippen molar-refractivity contribution < 1.29 is 19.4 Å². The van der Waals surface area contributed by atoms with Crippen LogP contribution in [0.4, 0.5) is 5.69 Å². The number of carbonyl (C=O) groups excluding carboxylic acids is 1. The molecule has 6 nitrogen and oxygen atoms in total. The number of nitrogens with one attached hydrogen (secondary N) is 1. The highest BCUT2D eigenvalue weighted by molar-refractivity contribution is 6.03. The Morgan fingerprint density at radius 3 is 2.62 bits per heavy atom. The van der Waals surface area contributed by atoms with Gasteiger partial charge in [-0.05, 0) is 55.2 Å². The molecule has 1 heterocycles. The molecule has 1 aliphatic carbocycles. The molecule has 0 radical (unpaired) electrons. The zero-order valence-corrected chi connectivity index (χ0v) is 13.5. The fourth-order valence-corrected chi connectivity index (χ4v) is 2.93. The summed E-state index contributed by atoms with van der Waals surface area (Å²) < 4.78 is 5.38. The quantitative estimate of drug-likeness (QED) is 0.901. The number of amides is 1. The number of aromatic carboxylic acids is 1. The molecule has 0 aliphatic heterocycles. The van der Waals surface area contributed by atoms with E-state index in [9.17, 15) is 9.59 Å². The molecule has 0 spiro atoms. The Bertz CT molecular complexity index is 817. The summed E-state index contributed by atoms with van der Waals surface area (Å²) in [6.45, 7) is 1.57. The number of benzene rings is 1. The fraction of sp³-hybridized carbons (Fsp3) is 0.278. The molecular weight excluding hydrogens is 308 g/mol. The van der Waals surface area contributed by atoms with Gasteiger partial charge in [-0.25, -0.2) is 9.78 Å². The van der Waals surface area contributed by atoms with E-state index < -0.39 is 5.97 Å². The van der Waals surface area contributed by atoms with Crippen LogP contribution in [0.3, 0.4) is 0 Å². The number of carbonyl (C=O) groups is 2. The minimum Gasteiger partial charge on any atom is -0.478 e. The molecule has 1 unspecified atom stereocenters. The van der Waals surface area contributed by atoms with E-state index in [0.717, 1.165) is 12.8 Å². The van der Waals surface area contributed by atoms with Gasteiger partial charge in [0, 0.05) is 12.8 Å². The SMILES string of the molecule is COC1Cc2ccc(NC(=O)c3ccc(C(=O)O)c(C)n3)cc2C1. The fourth-order valence-electron chi connectivity index (χ4n) is 2.93. The molecule has 24 heavy (non-hydrogen) atoms. The van der Waals surface area contributed by atoms with Crippen LogP contribution in [-0.2, 0) is 17.6 Å². The summed E-state index contributed by atoms with van der Waals surface area (Å²) >= 11 is 0. The van der Waals surface area contributed by atoms with Gasteiger partial charge in [0.1, 0.15) is 5.69 Å². The zero-order chi connectivity index (χ0) is 17.3. The second kappa shape index (κ2) is 6.41. The minimum absolute atomic E-state index is 0.0923. The molecule has 1 atom stereocenters. The first kappa shape index (κ1) is 16.1. The maximum Gasteiger partial charge on any atom is 0.337 e. The minimum atomic E-state index is -1.06. The number of aryl methyl sites for hydroxylation is 1. The van der Waals surface area contributed by atoms with Crippen molar-refractivity contribution in [3.8, 4) is 0 Å².